The zero-order chi connectivity index (χ0) is 13.9. The minimum Gasteiger partial charge on any atom is -0.376 e. The predicted molar refractivity (Wildman–Crippen MR) is 72.4 cm³/mol. The number of amides is 2. The van der Waals surface area contributed by atoms with E-state index in [0.717, 1.165) is 19.3 Å². The van der Waals surface area contributed by atoms with Crippen molar-refractivity contribution in [3.05, 3.63) is 28.2 Å². The van der Waals surface area contributed by atoms with Crippen LogP contribution in [0, 0.1) is 6.92 Å². The van der Waals surface area contributed by atoms with Gasteiger partial charge in [-0.1, -0.05) is 0 Å². The topological polar surface area (TPSA) is 83.2 Å². The molecule has 2 amide bonds. The summed E-state index contributed by atoms with van der Waals surface area (Å²) in [6.45, 7) is 2.19. The molecule has 104 valence electrons. The van der Waals surface area contributed by atoms with Crippen LogP contribution in [0.2, 0.25) is 0 Å². The fourth-order valence-corrected chi connectivity index (χ4v) is 2.11. The van der Waals surface area contributed by atoms with Gasteiger partial charge in [-0.3, -0.25) is 4.79 Å². The number of pyridine rings is 1. The number of aryl methyl sites for hydroxylation is 1. The molecule has 0 saturated heterocycles. The summed E-state index contributed by atoms with van der Waals surface area (Å²) in [5.41, 5.74) is 0.775. The number of urea groups is 1. The third kappa shape index (κ3) is 3.14. The minimum atomic E-state index is -0.297. The van der Waals surface area contributed by atoms with Gasteiger partial charge in [0.15, 0.2) is 0 Å². The molecular formula is C13H19N3O3. The molecule has 0 aliphatic heterocycles. The van der Waals surface area contributed by atoms with Crippen molar-refractivity contribution in [3.8, 4) is 0 Å². The van der Waals surface area contributed by atoms with E-state index in [9.17, 15) is 9.59 Å². The maximum Gasteiger partial charge on any atom is 0.319 e. The molecule has 0 aromatic carbocycles. The molecular weight excluding hydrogens is 246 g/mol. The summed E-state index contributed by atoms with van der Waals surface area (Å²) in [6.07, 6.45) is 4.56. The van der Waals surface area contributed by atoms with Crippen molar-refractivity contribution in [2.24, 2.45) is 0 Å². The van der Waals surface area contributed by atoms with Gasteiger partial charge in [0.25, 0.3) is 5.56 Å². The third-order valence-electron chi connectivity index (χ3n) is 3.62. The van der Waals surface area contributed by atoms with Crippen LogP contribution in [0.25, 0.3) is 0 Å². The number of nitrogens with one attached hydrogen (secondary N) is 3. The first kappa shape index (κ1) is 13.6. The predicted octanol–water partition coefficient (Wildman–Crippen LogP) is 1.37. The number of methoxy groups -OCH3 is 1. The molecule has 1 heterocycles. The lowest BCUT2D eigenvalue weighted by molar-refractivity contribution is -0.0671. The van der Waals surface area contributed by atoms with Crippen LogP contribution in [0.3, 0.4) is 0 Å². The summed E-state index contributed by atoms with van der Waals surface area (Å²) < 4.78 is 5.42. The number of hydrogen-bond donors (Lipinski definition) is 3. The van der Waals surface area contributed by atoms with Crippen molar-refractivity contribution >= 4 is 11.7 Å². The third-order valence-corrected chi connectivity index (χ3v) is 3.62. The summed E-state index contributed by atoms with van der Waals surface area (Å²) in [6, 6.07) is 1.34. The van der Waals surface area contributed by atoms with Gasteiger partial charge in [0.1, 0.15) is 0 Å². The van der Waals surface area contributed by atoms with Crippen LogP contribution in [0.15, 0.2) is 17.1 Å². The quantitative estimate of drug-likeness (QED) is 0.769. The van der Waals surface area contributed by atoms with E-state index in [1.807, 2.05) is 0 Å². The molecule has 0 unspecified atom stereocenters. The van der Waals surface area contributed by atoms with E-state index in [2.05, 4.69) is 15.6 Å². The number of aromatic nitrogens is 1. The Morgan fingerprint density at radius 1 is 1.53 bits per heavy atom. The molecule has 0 bridgehead atoms. The number of carbonyl (C=O) groups excluding carboxylic acids is 1. The standard InChI is InChI=1S/C13H19N3O3/c1-9-6-10(7-14-11(9)17)16-12(18)15-8-13(19-2)4-3-5-13/h6-7H,3-5,8H2,1-2H3,(H,14,17)(H2,15,16,18). The van der Waals surface area contributed by atoms with Crippen molar-refractivity contribution in [1.82, 2.24) is 10.3 Å². The number of rotatable bonds is 4. The Bertz CT molecular complexity index is 515. The Labute approximate surface area is 111 Å². The lowest BCUT2D eigenvalue weighted by atomic mass is 9.80. The van der Waals surface area contributed by atoms with Crippen LogP contribution < -0.4 is 16.2 Å². The lowest BCUT2D eigenvalue weighted by Crippen LogP contribution is -2.50. The molecule has 0 atom stereocenters. The van der Waals surface area contributed by atoms with Crippen LogP contribution >= 0.6 is 0 Å². The molecule has 1 fully saturated rings. The highest BCUT2D eigenvalue weighted by Gasteiger charge is 2.37. The number of hydrogen-bond acceptors (Lipinski definition) is 3. The highest BCUT2D eigenvalue weighted by molar-refractivity contribution is 5.89. The molecule has 19 heavy (non-hydrogen) atoms. The maximum atomic E-state index is 11.7. The normalized spacial score (nSPS) is 16.5. The highest BCUT2D eigenvalue weighted by Crippen LogP contribution is 2.34. The van der Waals surface area contributed by atoms with Gasteiger partial charge in [0.05, 0.1) is 11.3 Å². The Balaban J connectivity index is 1.87. The van der Waals surface area contributed by atoms with Gasteiger partial charge in [0, 0.05) is 25.4 Å². The monoisotopic (exact) mass is 265 g/mol. The van der Waals surface area contributed by atoms with E-state index >= 15 is 0 Å². The summed E-state index contributed by atoms with van der Waals surface area (Å²) >= 11 is 0. The van der Waals surface area contributed by atoms with Gasteiger partial charge in [-0.05, 0) is 32.3 Å². The van der Waals surface area contributed by atoms with E-state index in [0.29, 0.717) is 17.8 Å². The second-order valence-corrected chi connectivity index (χ2v) is 4.95. The van der Waals surface area contributed by atoms with Crippen LogP contribution in [-0.2, 0) is 4.74 Å². The first-order valence-corrected chi connectivity index (χ1v) is 6.34. The molecule has 0 radical (unpaired) electrons. The molecule has 6 heteroatoms. The number of aromatic amines is 1. The second-order valence-electron chi connectivity index (χ2n) is 4.95. The summed E-state index contributed by atoms with van der Waals surface area (Å²) in [5.74, 6) is 0. The molecule has 0 spiro atoms. The SMILES string of the molecule is COC1(CNC(=O)Nc2c[nH]c(=O)c(C)c2)CCC1. The molecule has 1 aliphatic carbocycles. The average molecular weight is 265 g/mol. The van der Waals surface area contributed by atoms with E-state index < -0.39 is 0 Å². The van der Waals surface area contributed by atoms with Crippen molar-refractivity contribution in [2.45, 2.75) is 31.8 Å². The molecule has 2 rings (SSSR count). The van der Waals surface area contributed by atoms with E-state index in [-0.39, 0.29) is 17.2 Å². The van der Waals surface area contributed by atoms with Crippen LogP contribution in [-0.4, -0.2) is 30.3 Å². The van der Waals surface area contributed by atoms with E-state index in [1.54, 1.807) is 20.1 Å². The fourth-order valence-electron chi connectivity index (χ4n) is 2.11. The summed E-state index contributed by atoms with van der Waals surface area (Å²) in [4.78, 5) is 25.5. The Kier molecular flexibility index (Phi) is 3.90. The molecule has 1 saturated carbocycles. The minimum absolute atomic E-state index is 0.154. The lowest BCUT2D eigenvalue weighted by Gasteiger charge is -2.40. The van der Waals surface area contributed by atoms with Gasteiger partial charge in [-0.15, -0.1) is 0 Å². The maximum absolute atomic E-state index is 11.7. The number of ether oxygens (including phenoxy) is 1. The van der Waals surface area contributed by atoms with Crippen molar-refractivity contribution < 1.29 is 9.53 Å². The van der Waals surface area contributed by atoms with Gasteiger partial charge in [-0.2, -0.15) is 0 Å². The molecule has 1 aromatic rings. The highest BCUT2D eigenvalue weighted by atomic mass is 16.5. The van der Waals surface area contributed by atoms with Crippen LogP contribution in [0.5, 0.6) is 0 Å². The molecule has 6 nitrogen and oxygen atoms in total. The summed E-state index contributed by atoms with van der Waals surface area (Å²) in [5, 5.41) is 5.47. The zero-order valence-corrected chi connectivity index (χ0v) is 11.2. The Hall–Kier alpha value is -1.82. The van der Waals surface area contributed by atoms with Crippen LogP contribution in [0.4, 0.5) is 10.5 Å². The number of anilines is 1. The van der Waals surface area contributed by atoms with Crippen LogP contribution in [0.1, 0.15) is 24.8 Å². The average Bonchev–Trinajstić information content (AvgIpc) is 2.33. The fraction of sp³-hybridized carbons (Fsp3) is 0.538. The molecule has 1 aliphatic rings. The van der Waals surface area contributed by atoms with Crippen molar-refractivity contribution in [1.29, 1.82) is 0 Å². The number of carbonyl (C=O) groups is 1. The van der Waals surface area contributed by atoms with E-state index in [1.165, 1.54) is 6.20 Å². The molecule has 3 N–H and O–H groups in total. The van der Waals surface area contributed by atoms with Gasteiger partial charge in [0.2, 0.25) is 0 Å². The van der Waals surface area contributed by atoms with E-state index in [4.69, 9.17) is 4.74 Å². The smallest absolute Gasteiger partial charge is 0.319 e. The Morgan fingerprint density at radius 3 is 2.79 bits per heavy atom. The van der Waals surface area contributed by atoms with Crippen molar-refractivity contribution in [3.63, 3.8) is 0 Å². The van der Waals surface area contributed by atoms with Gasteiger partial charge < -0.3 is 20.4 Å². The van der Waals surface area contributed by atoms with Crippen molar-refractivity contribution in [2.75, 3.05) is 19.0 Å². The molecule has 1 aromatic heterocycles. The largest absolute Gasteiger partial charge is 0.376 e. The summed E-state index contributed by atoms with van der Waals surface area (Å²) in [7, 11) is 1.67. The second kappa shape index (κ2) is 5.44. The van der Waals surface area contributed by atoms with Gasteiger partial charge >= 0.3 is 6.03 Å². The van der Waals surface area contributed by atoms with Gasteiger partial charge in [-0.25, -0.2) is 4.79 Å². The Morgan fingerprint density at radius 2 is 2.26 bits per heavy atom. The number of H-pyrrole nitrogens is 1. The first-order valence-electron chi connectivity index (χ1n) is 6.34. The zero-order valence-electron chi connectivity index (χ0n) is 11.2. The first-order chi connectivity index (χ1) is 9.04.